The van der Waals surface area contributed by atoms with Gasteiger partial charge in [-0.3, -0.25) is 4.99 Å². The minimum Gasteiger partial charge on any atom is -0.497 e. The van der Waals surface area contributed by atoms with Gasteiger partial charge in [0.1, 0.15) is 5.75 Å². The van der Waals surface area contributed by atoms with E-state index in [4.69, 9.17) is 14.7 Å². The van der Waals surface area contributed by atoms with Gasteiger partial charge in [0, 0.05) is 38.0 Å². The number of guanidine groups is 1. The smallest absolute Gasteiger partial charge is 0.193 e. The molecule has 0 aliphatic carbocycles. The number of thiazole rings is 1. The molecular formula is C20H30N4OS. The Balaban J connectivity index is 1.97. The van der Waals surface area contributed by atoms with Crippen LogP contribution >= 0.6 is 11.3 Å². The standard InChI is InChI=1S/C20H30N4OS/c1-6-18-15(3)26-19(23-18)12-13-22-20(21-7-2)24(4)14-16-8-10-17(25-5)11-9-16/h8-11H,6-7,12-14H2,1-5H3,(H,21,22). The van der Waals surface area contributed by atoms with Crippen LogP contribution in [0, 0.1) is 6.92 Å². The Morgan fingerprint density at radius 3 is 2.58 bits per heavy atom. The van der Waals surface area contributed by atoms with Crippen molar-refractivity contribution in [3.8, 4) is 5.75 Å². The highest BCUT2D eigenvalue weighted by Gasteiger charge is 2.08. The van der Waals surface area contributed by atoms with E-state index in [-0.39, 0.29) is 0 Å². The van der Waals surface area contributed by atoms with Crippen molar-refractivity contribution in [3.63, 3.8) is 0 Å². The van der Waals surface area contributed by atoms with Crippen LogP contribution < -0.4 is 10.1 Å². The summed E-state index contributed by atoms with van der Waals surface area (Å²) in [4.78, 5) is 13.0. The van der Waals surface area contributed by atoms with Crippen LogP contribution in [0.3, 0.4) is 0 Å². The molecule has 6 heteroatoms. The number of methoxy groups -OCH3 is 1. The van der Waals surface area contributed by atoms with E-state index in [2.05, 4.69) is 50.2 Å². The average molecular weight is 375 g/mol. The summed E-state index contributed by atoms with van der Waals surface area (Å²) < 4.78 is 5.22. The molecule has 1 N–H and O–H groups in total. The Hall–Kier alpha value is -2.08. The molecule has 142 valence electrons. The van der Waals surface area contributed by atoms with Gasteiger partial charge in [0.15, 0.2) is 5.96 Å². The Kier molecular flexibility index (Phi) is 7.91. The number of rotatable bonds is 8. The molecule has 0 bridgehead atoms. The molecule has 1 heterocycles. The van der Waals surface area contributed by atoms with Crippen molar-refractivity contribution in [2.75, 3.05) is 27.2 Å². The quantitative estimate of drug-likeness (QED) is 0.566. The van der Waals surface area contributed by atoms with Gasteiger partial charge >= 0.3 is 0 Å². The summed E-state index contributed by atoms with van der Waals surface area (Å²) in [5.74, 6) is 1.80. The lowest BCUT2D eigenvalue weighted by molar-refractivity contribution is 0.414. The molecule has 0 aliphatic rings. The first-order valence-corrected chi connectivity index (χ1v) is 9.96. The van der Waals surface area contributed by atoms with Gasteiger partial charge in [-0.15, -0.1) is 11.3 Å². The van der Waals surface area contributed by atoms with Crippen LogP contribution in [-0.2, 0) is 19.4 Å². The van der Waals surface area contributed by atoms with Crippen LogP contribution in [0.1, 0.15) is 35.0 Å². The van der Waals surface area contributed by atoms with Crippen molar-refractivity contribution < 1.29 is 4.74 Å². The van der Waals surface area contributed by atoms with Gasteiger partial charge in [0.05, 0.1) is 17.8 Å². The third-order valence-electron chi connectivity index (χ3n) is 4.13. The predicted molar refractivity (Wildman–Crippen MR) is 110 cm³/mol. The maximum atomic E-state index is 5.22. The summed E-state index contributed by atoms with van der Waals surface area (Å²) in [6.45, 7) is 8.78. The van der Waals surface area contributed by atoms with Gasteiger partial charge in [-0.25, -0.2) is 4.98 Å². The van der Waals surface area contributed by atoms with E-state index >= 15 is 0 Å². The molecule has 1 aromatic carbocycles. The Morgan fingerprint density at radius 1 is 1.27 bits per heavy atom. The number of hydrogen-bond acceptors (Lipinski definition) is 4. The lowest BCUT2D eigenvalue weighted by atomic mass is 10.2. The Labute approximate surface area is 161 Å². The molecule has 2 rings (SSSR count). The Morgan fingerprint density at radius 2 is 2.00 bits per heavy atom. The number of ether oxygens (including phenoxy) is 1. The van der Waals surface area contributed by atoms with Crippen LogP contribution in [0.5, 0.6) is 5.75 Å². The lowest BCUT2D eigenvalue weighted by Crippen LogP contribution is -2.38. The lowest BCUT2D eigenvalue weighted by Gasteiger charge is -2.22. The van der Waals surface area contributed by atoms with E-state index < -0.39 is 0 Å². The first kappa shape index (κ1) is 20.2. The second-order valence-electron chi connectivity index (χ2n) is 6.15. The van der Waals surface area contributed by atoms with Crippen molar-refractivity contribution in [1.29, 1.82) is 0 Å². The molecule has 0 radical (unpaired) electrons. The molecule has 0 atom stereocenters. The van der Waals surface area contributed by atoms with Crippen molar-refractivity contribution in [2.24, 2.45) is 4.99 Å². The molecule has 0 fully saturated rings. The summed E-state index contributed by atoms with van der Waals surface area (Å²) in [6, 6.07) is 8.15. The van der Waals surface area contributed by atoms with Gasteiger partial charge in [0.2, 0.25) is 0 Å². The number of aromatic nitrogens is 1. The number of benzene rings is 1. The molecule has 0 spiro atoms. The molecule has 0 saturated heterocycles. The van der Waals surface area contributed by atoms with Crippen molar-refractivity contribution in [3.05, 3.63) is 45.4 Å². The minimum atomic E-state index is 0.741. The first-order valence-electron chi connectivity index (χ1n) is 9.14. The number of aryl methyl sites for hydroxylation is 2. The number of nitrogens with one attached hydrogen (secondary N) is 1. The molecule has 2 aromatic rings. The molecule has 0 aliphatic heterocycles. The number of nitrogens with zero attached hydrogens (tertiary/aromatic N) is 3. The normalized spacial score (nSPS) is 11.5. The average Bonchev–Trinajstić information content (AvgIpc) is 3.01. The predicted octanol–water partition coefficient (Wildman–Crippen LogP) is 3.66. The summed E-state index contributed by atoms with van der Waals surface area (Å²) in [5.41, 5.74) is 2.44. The molecule has 1 aromatic heterocycles. The summed E-state index contributed by atoms with van der Waals surface area (Å²) in [7, 11) is 3.75. The first-order chi connectivity index (χ1) is 12.6. The van der Waals surface area contributed by atoms with Gasteiger partial charge in [0.25, 0.3) is 0 Å². The van der Waals surface area contributed by atoms with E-state index in [1.807, 2.05) is 12.1 Å². The van der Waals surface area contributed by atoms with E-state index in [0.717, 1.165) is 44.2 Å². The maximum Gasteiger partial charge on any atom is 0.193 e. The van der Waals surface area contributed by atoms with Gasteiger partial charge in [-0.1, -0.05) is 19.1 Å². The zero-order chi connectivity index (χ0) is 18.9. The third-order valence-corrected chi connectivity index (χ3v) is 5.21. The molecule has 5 nitrogen and oxygen atoms in total. The fourth-order valence-electron chi connectivity index (χ4n) is 2.73. The van der Waals surface area contributed by atoms with Crippen LogP contribution in [0.2, 0.25) is 0 Å². The highest BCUT2D eigenvalue weighted by atomic mass is 32.1. The van der Waals surface area contributed by atoms with Crippen LogP contribution in [-0.4, -0.2) is 43.1 Å². The second-order valence-corrected chi connectivity index (χ2v) is 7.44. The van der Waals surface area contributed by atoms with E-state index in [9.17, 15) is 0 Å². The third kappa shape index (κ3) is 5.73. The van der Waals surface area contributed by atoms with Crippen LogP contribution in [0.25, 0.3) is 0 Å². The fourth-order valence-corrected chi connectivity index (χ4v) is 3.74. The minimum absolute atomic E-state index is 0.741. The molecule has 26 heavy (non-hydrogen) atoms. The summed E-state index contributed by atoms with van der Waals surface area (Å²) in [5, 5.41) is 4.55. The SMILES string of the molecule is CCNC(=NCCc1nc(CC)c(C)s1)N(C)Cc1ccc(OC)cc1. The second kappa shape index (κ2) is 10.2. The van der Waals surface area contributed by atoms with Gasteiger partial charge in [-0.05, 0) is 38.0 Å². The monoisotopic (exact) mass is 374 g/mol. The zero-order valence-corrected chi connectivity index (χ0v) is 17.3. The van der Waals surface area contributed by atoms with Crippen molar-refractivity contribution >= 4 is 17.3 Å². The molecule has 0 amide bonds. The van der Waals surface area contributed by atoms with Gasteiger partial charge < -0.3 is 15.0 Å². The molecule has 0 unspecified atom stereocenters. The van der Waals surface area contributed by atoms with Gasteiger partial charge in [-0.2, -0.15) is 0 Å². The molecule has 0 saturated carbocycles. The van der Waals surface area contributed by atoms with Crippen LogP contribution in [0.4, 0.5) is 0 Å². The molecular weight excluding hydrogens is 344 g/mol. The topological polar surface area (TPSA) is 49.8 Å². The van der Waals surface area contributed by atoms with E-state index in [1.54, 1.807) is 18.4 Å². The van der Waals surface area contributed by atoms with E-state index in [1.165, 1.54) is 21.1 Å². The summed E-state index contributed by atoms with van der Waals surface area (Å²) >= 11 is 1.79. The maximum absolute atomic E-state index is 5.22. The van der Waals surface area contributed by atoms with Crippen molar-refractivity contribution in [1.82, 2.24) is 15.2 Å². The number of hydrogen-bond donors (Lipinski definition) is 1. The van der Waals surface area contributed by atoms with Crippen LogP contribution in [0.15, 0.2) is 29.3 Å². The highest BCUT2D eigenvalue weighted by Crippen LogP contribution is 2.18. The number of aliphatic imine (C=N–C) groups is 1. The highest BCUT2D eigenvalue weighted by molar-refractivity contribution is 7.11. The largest absolute Gasteiger partial charge is 0.497 e. The Bertz CT molecular complexity index is 709. The fraction of sp³-hybridized carbons (Fsp3) is 0.500. The van der Waals surface area contributed by atoms with Crippen molar-refractivity contribution in [2.45, 2.75) is 40.2 Å². The zero-order valence-electron chi connectivity index (χ0n) is 16.5. The van der Waals surface area contributed by atoms with E-state index in [0.29, 0.717) is 0 Å². The summed E-state index contributed by atoms with van der Waals surface area (Å²) in [6.07, 6.45) is 1.88.